The van der Waals surface area contributed by atoms with Crippen LogP contribution in [0.4, 0.5) is 5.69 Å². The van der Waals surface area contributed by atoms with Gasteiger partial charge in [0.1, 0.15) is 10.4 Å². The van der Waals surface area contributed by atoms with E-state index in [9.17, 15) is 0 Å². The van der Waals surface area contributed by atoms with E-state index in [0.29, 0.717) is 6.54 Å². The summed E-state index contributed by atoms with van der Waals surface area (Å²) in [6, 6.07) is 2.06. The highest BCUT2D eigenvalue weighted by atomic mass is 79.9. The first-order chi connectivity index (χ1) is 7.66. The number of hydrogen-bond acceptors (Lipinski definition) is 3. The summed E-state index contributed by atoms with van der Waals surface area (Å²) in [5.74, 6) is 1.00. The summed E-state index contributed by atoms with van der Waals surface area (Å²) in [4.78, 5) is 8.47. The van der Waals surface area contributed by atoms with Gasteiger partial charge in [-0.3, -0.25) is 0 Å². The SMILES string of the molecule is Cc1cc(NCc2nccn2C)cnc1Br. The van der Waals surface area contributed by atoms with Crippen LogP contribution in [0.1, 0.15) is 11.4 Å². The molecule has 0 atom stereocenters. The second kappa shape index (κ2) is 4.65. The van der Waals surface area contributed by atoms with Gasteiger partial charge in [0.25, 0.3) is 0 Å². The van der Waals surface area contributed by atoms with Crippen LogP contribution in [0.15, 0.2) is 29.3 Å². The van der Waals surface area contributed by atoms with Crippen LogP contribution in [-0.4, -0.2) is 14.5 Å². The summed E-state index contributed by atoms with van der Waals surface area (Å²) in [5.41, 5.74) is 2.12. The number of pyridine rings is 1. The van der Waals surface area contributed by atoms with Crippen molar-refractivity contribution in [2.75, 3.05) is 5.32 Å². The first kappa shape index (κ1) is 11.1. The van der Waals surface area contributed by atoms with Crippen LogP contribution in [0.5, 0.6) is 0 Å². The first-order valence-electron chi connectivity index (χ1n) is 4.99. The standard InChI is InChI=1S/C11H13BrN4/c1-8-5-9(6-15-11(8)12)14-7-10-13-3-4-16(10)2/h3-6,14H,7H2,1-2H3. The first-order valence-corrected chi connectivity index (χ1v) is 5.78. The average molecular weight is 281 g/mol. The molecule has 4 nitrogen and oxygen atoms in total. The molecule has 5 heteroatoms. The number of hydrogen-bond donors (Lipinski definition) is 1. The van der Waals surface area contributed by atoms with Gasteiger partial charge in [-0.1, -0.05) is 0 Å². The molecule has 0 saturated carbocycles. The number of halogens is 1. The molecule has 0 spiro atoms. The van der Waals surface area contributed by atoms with Gasteiger partial charge in [0.05, 0.1) is 18.4 Å². The third-order valence-electron chi connectivity index (χ3n) is 2.39. The highest BCUT2D eigenvalue weighted by Crippen LogP contribution is 2.17. The zero-order valence-electron chi connectivity index (χ0n) is 9.24. The molecule has 0 aromatic carbocycles. The van der Waals surface area contributed by atoms with Crippen molar-refractivity contribution in [2.45, 2.75) is 13.5 Å². The Labute approximate surface area is 103 Å². The second-order valence-electron chi connectivity index (χ2n) is 3.64. The second-order valence-corrected chi connectivity index (χ2v) is 4.39. The van der Waals surface area contributed by atoms with E-state index < -0.39 is 0 Å². The third kappa shape index (κ3) is 2.41. The fourth-order valence-electron chi connectivity index (χ4n) is 1.40. The Hall–Kier alpha value is -1.36. The number of nitrogens with one attached hydrogen (secondary N) is 1. The third-order valence-corrected chi connectivity index (χ3v) is 3.22. The van der Waals surface area contributed by atoms with E-state index >= 15 is 0 Å². The van der Waals surface area contributed by atoms with Gasteiger partial charge in [-0.25, -0.2) is 9.97 Å². The molecule has 0 fully saturated rings. The molecule has 0 radical (unpaired) electrons. The van der Waals surface area contributed by atoms with Gasteiger partial charge >= 0.3 is 0 Å². The molecule has 84 valence electrons. The quantitative estimate of drug-likeness (QED) is 0.879. The highest BCUT2D eigenvalue weighted by Gasteiger charge is 2.01. The van der Waals surface area contributed by atoms with Crippen LogP contribution in [0.3, 0.4) is 0 Å². The molecular formula is C11H13BrN4. The van der Waals surface area contributed by atoms with E-state index in [2.05, 4.69) is 37.3 Å². The van der Waals surface area contributed by atoms with Gasteiger partial charge in [-0.05, 0) is 34.5 Å². The van der Waals surface area contributed by atoms with E-state index in [4.69, 9.17) is 0 Å². The maximum Gasteiger partial charge on any atom is 0.127 e. The molecule has 2 aromatic rings. The van der Waals surface area contributed by atoms with Crippen LogP contribution in [0, 0.1) is 6.92 Å². The normalized spacial score (nSPS) is 10.4. The lowest BCUT2D eigenvalue weighted by molar-refractivity contribution is 0.812. The van der Waals surface area contributed by atoms with Crippen molar-refractivity contribution in [1.82, 2.24) is 14.5 Å². The van der Waals surface area contributed by atoms with Gasteiger partial charge < -0.3 is 9.88 Å². The van der Waals surface area contributed by atoms with Crippen molar-refractivity contribution >= 4 is 21.6 Å². The predicted molar refractivity (Wildman–Crippen MR) is 67.2 cm³/mol. The lowest BCUT2D eigenvalue weighted by Gasteiger charge is -2.07. The van der Waals surface area contributed by atoms with Crippen molar-refractivity contribution in [2.24, 2.45) is 7.05 Å². The molecule has 0 amide bonds. The van der Waals surface area contributed by atoms with Gasteiger partial charge in [-0.2, -0.15) is 0 Å². The molecule has 0 aliphatic heterocycles. The lowest BCUT2D eigenvalue weighted by atomic mass is 10.3. The Morgan fingerprint density at radius 1 is 1.44 bits per heavy atom. The number of nitrogens with zero attached hydrogens (tertiary/aromatic N) is 3. The Morgan fingerprint density at radius 2 is 2.25 bits per heavy atom. The molecule has 1 N–H and O–H groups in total. The topological polar surface area (TPSA) is 42.7 Å². The van der Waals surface area contributed by atoms with Gasteiger partial charge in [0, 0.05) is 19.4 Å². The Balaban J connectivity index is 2.05. The van der Waals surface area contributed by atoms with E-state index in [1.54, 1.807) is 12.4 Å². The summed E-state index contributed by atoms with van der Waals surface area (Å²) in [7, 11) is 1.98. The van der Waals surface area contributed by atoms with E-state index in [-0.39, 0.29) is 0 Å². The molecule has 2 rings (SSSR count). The fourth-order valence-corrected chi connectivity index (χ4v) is 1.62. The minimum absolute atomic E-state index is 0.701. The summed E-state index contributed by atoms with van der Waals surface area (Å²) >= 11 is 3.38. The van der Waals surface area contributed by atoms with Gasteiger partial charge in [-0.15, -0.1) is 0 Å². The fraction of sp³-hybridized carbons (Fsp3) is 0.273. The smallest absolute Gasteiger partial charge is 0.127 e. The molecule has 0 aliphatic rings. The lowest BCUT2D eigenvalue weighted by Crippen LogP contribution is -2.06. The van der Waals surface area contributed by atoms with Crippen LogP contribution < -0.4 is 5.32 Å². The number of aryl methyl sites for hydroxylation is 2. The maximum atomic E-state index is 4.24. The monoisotopic (exact) mass is 280 g/mol. The number of imidazole rings is 1. The maximum absolute atomic E-state index is 4.24. The molecule has 2 aromatic heterocycles. The summed E-state index contributed by atoms with van der Waals surface area (Å²) in [6.45, 7) is 2.72. The molecule has 2 heterocycles. The van der Waals surface area contributed by atoms with Crippen LogP contribution in [0.2, 0.25) is 0 Å². The summed E-state index contributed by atoms with van der Waals surface area (Å²) < 4.78 is 2.88. The largest absolute Gasteiger partial charge is 0.377 e. The number of rotatable bonds is 3. The molecular weight excluding hydrogens is 268 g/mol. The summed E-state index contributed by atoms with van der Waals surface area (Å²) in [6.07, 6.45) is 5.53. The van der Waals surface area contributed by atoms with E-state index in [1.807, 2.05) is 24.7 Å². The molecule has 16 heavy (non-hydrogen) atoms. The van der Waals surface area contributed by atoms with Crippen LogP contribution >= 0.6 is 15.9 Å². The minimum Gasteiger partial charge on any atom is -0.377 e. The van der Waals surface area contributed by atoms with Crippen molar-refractivity contribution in [1.29, 1.82) is 0 Å². The van der Waals surface area contributed by atoms with Crippen molar-refractivity contribution < 1.29 is 0 Å². The zero-order chi connectivity index (χ0) is 11.5. The van der Waals surface area contributed by atoms with Gasteiger partial charge in [0.2, 0.25) is 0 Å². The average Bonchev–Trinajstić information content (AvgIpc) is 2.66. The number of anilines is 1. The summed E-state index contributed by atoms with van der Waals surface area (Å²) in [5, 5.41) is 3.29. The van der Waals surface area contributed by atoms with E-state index in [1.165, 1.54) is 0 Å². The highest BCUT2D eigenvalue weighted by molar-refractivity contribution is 9.10. The Kier molecular flexibility index (Phi) is 3.24. The Morgan fingerprint density at radius 3 is 2.88 bits per heavy atom. The van der Waals surface area contributed by atoms with Crippen molar-refractivity contribution in [3.63, 3.8) is 0 Å². The zero-order valence-corrected chi connectivity index (χ0v) is 10.8. The van der Waals surface area contributed by atoms with Gasteiger partial charge in [0.15, 0.2) is 0 Å². The van der Waals surface area contributed by atoms with Crippen LogP contribution in [-0.2, 0) is 13.6 Å². The van der Waals surface area contributed by atoms with Crippen molar-refractivity contribution in [3.05, 3.63) is 40.6 Å². The van der Waals surface area contributed by atoms with Crippen molar-refractivity contribution in [3.8, 4) is 0 Å². The molecule has 0 unspecified atom stereocenters. The number of aromatic nitrogens is 3. The predicted octanol–water partition coefficient (Wildman–Crippen LogP) is 2.50. The Bertz CT molecular complexity index is 492. The molecule has 0 bridgehead atoms. The van der Waals surface area contributed by atoms with Crippen LogP contribution in [0.25, 0.3) is 0 Å². The molecule has 0 saturated heterocycles. The minimum atomic E-state index is 0.701. The van der Waals surface area contributed by atoms with E-state index in [0.717, 1.165) is 21.7 Å². The molecule has 0 aliphatic carbocycles.